The van der Waals surface area contributed by atoms with Crippen LogP contribution in [0.15, 0.2) is 66.7 Å². The average molecular weight is 407 g/mol. The molecule has 3 rings (SSSR count). The number of anilines is 1. The van der Waals surface area contributed by atoms with E-state index in [0.29, 0.717) is 12.2 Å². The number of amides is 1. The lowest BCUT2D eigenvalue weighted by atomic mass is 9.99. The van der Waals surface area contributed by atoms with Gasteiger partial charge in [-0.15, -0.1) is 0 Å². The number of carboxylic acids is 1. The molecule has 0 bridgehead atoms. The van der Waals surface area contributed by atoms with Gasteiger partial charge >= 0.3 is 5.97 Å². The smallest absolute Gasteiger partial charge is 0.337 e. The second kappa shape index (κ2) is 9.39. The zero-order valence-corrected chi connectivity index (χ0v) is 16.7. The molecule has 0 aliphatic carbocycles. The van der Waals surface area contributed by atoms with Crippen molar-refractivity contribution in [2.24, 2.45) is 5.92 Å². The Morgan fingerprint density at radius 1 is 0.966 bits per heavy atom. The molecule has 6 heteroatoms. The summed E-state index contributed by atoms with van der Waals surface area (Å²) >= 11 is 1.09. The maximum Gasteiger partial charge on any atom is 0.337 e. The minimum atomic E-state index is -1.11. The Kier molecular flexibility index (Phi) is 6.67. The summed E-state index contributed by atoms with van der Waals surface area (Å²) < 4.78 is 0. The highest BCUT2D eigenvalue weighted by atomic mass is 32.2. The first-order chi connectivity index (χ1) is 13.9. The van der Waals surface area contributed by atoms with Gasteiger partial charge in [-0.3, -0.25) is 9.59 Å². The molecule has 29 heavy (non-hydrogen) atoms. The molecule has 0 radical (unpaired) electrons. The molecule has 0 spiro atoms. The van der Waals surface area contributed by atoms with Gasteiger partial charge in [0, 0.05) is 12.7 Å². The number of aromatic carboxylic acids is 1. The number of nitrogens with one attached hydrogen (secondary N) is 1. The molecule has 148 valence electrons. The summed E-state index contributed by atoms with van der Waals surface area (Å²) in [6, 6.07) is 20.2. The summed E-state index contributed by atoms with van der Waals surface area (Å²) in [5, 5.41) is 13.9. The SMILES string of the molecule is CC(=O)SCC(Cc1ccccc1)C(=O)Nc1cc2ccccc2cc1C(=O)O. The summed E-state index contributed by atoms with van der Waals surface area (Å²) in [6.07, 6.45) is 0.461. The van der Waals surface area contributed by atoms with Crippen LogP contribution in [0.3, 0.4) is 0 Å². The van der Waals surface area contributed by atoms with Crippen LogP contribution in [-0.4, -0.2) is 27.9 Å². The highest BCUT2D eigenvalue weighted by Crippen LogP contribution is 2.26. The number of rotatable bonds is 7. The number of carboxylic acid groups (broad SMARTS) is 1. The molecule has 1 amide bonds. The van der Waals surface area contributed by atoms with Crippen LogP contribution in [0.1, 0.15) is 22.8 Å². The molecular formula is C23H21NO4S. The Morgan fingerprint density at radius 2 is 1.59 bits per heavy atom. The van der Waals surface area contributed by atoms with Gasteiger partial charge in [-0.05, 0) is 34.9 Å². The van der Waals surface area contributed by atoms with Gasteiger partial charge in [0.05, 0.1) is 17.2 Å². The third-order valence-corrected chi connectivity index (χ3v) is 5.53. The van der Waals surface area contributed by atoms with Gasteiger partial charge in [-0.1, -0.05) is 66.4 Å². The van der Waals surface area contributed by atoms with Crippen molar-refractivity contribution in [1.82, 2.24) is 0 Å². The van der Waals surface area contributed by atoms with Crippen molar-refractivity contribution in [3.05, 3.63) is 77.9 Å². The van der Waals surface area contributed by atoms with Crippen molar-refractivity contribution in [2.45, 2.75) is 13.3 Å². The van der Waals surface area contributed by atoms with Gasteiger partial charge in [0.1, 0.15) is 0 Å². The van der Waals surface area contributed by atoms with Crippen molar-refractivity contribution in [2.75, 3.05) is 11.1 Å². The maximum atomic E-state index is 13.0. The highest BCUT2D eigenvalue weighted by molar-refractivity contribution is 8.13. The van der Waals surface area contributed by atoms with E-state index in [1.54, 1.807) is 12.1 Å². The van der Waals surface area contributed by atoms with Crippen LogP contribution in [0.5, 0.6) is 0 Å². The summed E-state index contributed by atoms with van der Waals surface area (Å²) in [7, 11) is 0. The van der Waals surface area contributed by atoms with Gasteiger partial charge in [0.15, 0.2) is 5.12 Å². The Labute approximate surface area is 173 Å². The van der Waals surface area contributed by atoms with Crippen molar-refractivity contribution < 1.29 is 19.5 Å². The van der Waals surface area contributed by atoms with Crippen LogP contribution in [-0.2, 0) is 16.0 Å². The fraction of sp³-hybridized carbons (Fsp3) is 0.174. The third-order valence-electron chi connectivity index (χ3n) is 4.56. The number of benzene rings is 3. The molecule has 5 nitrogen and oxygen atoms in total. The second-order valence-corrected chi connectivity index (χ2v) is 7.93. The van der Waals surface area contributed by atoms with Crippen molar-refractivity contribution in [1.29, 1.82) is 0 Å². The minimum absolute atomic E-state index is 0.0368. The maximum absolute atomic E-state index is 13.0. The standard InChI is InChI=1S/C23H21NO4S/c1-15(25)29-14-19(11-16-7-3-2-4-8-16)22(26)24-21-13-18-10-6-5-9-17(18)12-20(21)23(27)28/h2-10,12-13,19H,11,14H2,1H3,(H,24,26)(H,27,28). The first-order valence-electron chi connectivity index (χ1n) is 9.18. The highest BCUT2D eigenvalue weighted by Gasteiger charge is 2.22. The first-order valence-corrected chi connectivity index (χ1v) is 10.2. The van der Waals surface area contributed by atoms with E-state index < -0.39 is 11.9 Å². The molecular weight excluding hydrogens is 386 g/mol. The van der Waals surface area contributed by atoms with E-state index in [1.807, 2.05) is 54.6 Å². The van der Waals surface area contributed by atoms with Crippen LogP contribution < -0.4 is 5.32 Å². The van der Waals surface area contributed by atoms with Gasteiger partial charge in [0.2, 0.25) is 5.91 Å². The molecule has 1 atom stereocenters. The monoisotopic (exact) mass is 407 g/mol. The number of hydrogen-bond donors (Lipinski definition) is 2. The van der Waals surface area contributed by atoms with Crippen molar-refractivity contribution in [3.63, 3.8) is 0 Å². The molecule has 3 aromatic rings. The van der Waals surface area contributed by atoms with Gasteiger partial charge in [-0.2, -0.15) is 0 Å². The molecule has 0 aliphatic heterocycles. The van der Waals surface area contributed by atoms with Crippen LogP contribution in [0, 0.1) is 5.92 Å². The predicted molar refractivity (Wildman–Crippen MR) is 116 cm³/mol. The van der Waals surface area contributed by atoms with Gasteiger partial charge in [0.25, 0.3) is 0 Å². The predicted octanol–water partition coefficient (Wildman–Crippen LogP) is 4.62. The molecule has 0 aliphatic rings. The third kappa shape index (κ3) is 5.45. The molecule has 0 saturated carbocycles. The zero-order valence-electron chi connectivity index (χ0n) is 15.9. The number of fused-ring (bicyclic) bond motifs is 1. The summed E-state index contributed by atoms with van der Waals surface area (Å²) in [4.78, 5) is 36.2. The normalized spacial score (nSPS) is 11.8. The number of carbonyl (C=O) groups is 3. The molecule has 0 fully saturated rings. The molecule has 3 aromatic carbocycles. The number of carbonyl (C=O) groups excluding carboxylic acids is 2. The fourth-order valence-corrected chi connectivity index (χ4v) is 3.80. The Bertz CT molecular complexity index is 1050. The summed E-state index contributed by atoms with van der Waals surface area (Å²) in [6.45, 7) is 1.47. The number of thioether (sulfide) groups is 1. The lowest BCUT2D eigenvalue weighted by Crippen LogP contribution is -2.28. The van der Waals surface area contributed by atoms with Crippen LogP contribution >= 0.6 is 11.8 Å². The molecule has 2 N–H and O–H groups in total. The topological polar surface area (TPSA) is 83.5 Å². The quantitative estimate of drug-likeness (QED) is 0.597. The van der Waals surface area contributed by atoms with E-state index in [2.05, 4.69) is 5.32 Å². The van der Waals surface area contributed by atoms with E-state index in [0.717, 1.165) is 28.1 Å². The minimum Gasteiger partial charge on any atom is -0.478 e. The van der Waals surface area contributed by atoms with Crippen LogP contribution in [0.2, 0.25) is 0 Å². The van der Waals surface area contributed by atoms with Gasteiger partial charge < -0.3 is 10.4 Å². The molecule has 0 heterocycles. The second-order valence-electron chi connectivity index (χ2n) is 6.73. The van der Waals surface area contributed by atoms with E-state index in [4.69, 9.17) is 0 Å². The van der Waals surface area contributed by atoms with Crippen molar-refractivity contribution >= 4 is 45.2 Å². The van der Waals surface area contributed by atoms with E-state index >= 15 is 0 Å². The summed E-state index contributed by atoms with van der Waals surface area (Å²) in [5.41, 5.74) is 1.27. The van der Waals surface area contributed by atoms with Gasteiger partial charge in [-0.25, -0.2) is 4.79 Å². The molecule has 0 aromatic heterocycles. The van der Waals surface area contributed by atoms with Crippen molar-refractivity contribution in [3.8, 4) is 0 Å². The Balaban J connectivity index is 1.88. The average Bonchev–Trinajstić information content (AvgIpc) is 2.71. The van der Waals surface area contributed by atoms with Crippen LogP contribution in [0.4, 0.5) is 5.69 Å². The molecule has 1 unspecified atom stereocenters. The summed E-state index contributed by atoms with van der Waals surface area (Å²) in [5.74, 6) is -1.56. The van der Waals surface area contributed by atoms with Crippen LogP contribution in [0.25, 0.3) is 10.8 Å². The largest absolute Gasteiger partial charge is 0.478 e. The Morgan fingerprint density at radius 3 is 2.21 bits per heavy atom. The van der Waals surface area contributed by atoms with E-state index in [9.17, 15) is 19.5 Å². The fourth-order valence-electron chi connectivity index (χ4n) is 3.10. The van der Waals surface area contributed by atoms with E-state index in [1.165, 1.54) is 6.92 Å². The van der Waals surface area contributed by atoms with E-state index in [-0.39, 0.29) is 22.3 Å². The lowest BCUT2D eigenvalue weighted by Gasteiger charge is -2.18. The zero-order chi connectivity index (χ0) is 20.8. The Hall–Kier alpha value is -3.12. The number of hydrogen-bond acceptors (Lipinski definition) is 4. The lowest BCUT2D eigenvalue weighted by molar-refractivity contribution is -0.119. The first kappa shape index (κ1) is 20.6. The molecule has 0 saturated heterocycles.